The second kappa shape index (κ2) is 10.6. The molecule has 4 aliphatic rings. The summed E-state index contributed by atoms with van der Waals surface area (Å²) in [6.45, 7) is 3.42. The molecule has 2 aromatic rings. The summed E-state index contributed by atoms with van der Waals surface area (Å²) >= 11 is 0. The van der Waals surface area contributed by atoms with Gasteiger partial charge in [-0.3, -0.25) is 29.1 Å². The molecule has 3 N–H and O–H groups in total. The topological polar surface area (TPSA) is 122 Å². The Morgan fingerprint density at radius 3 is 2.19 bits per heavy atom. The third-order valence-corrected chi connectivity index (χ3v) is 12.3. The average molecular weight is 591 g/mol. The third kappa shape index (κ3) is 4.78. The molecule has 0 saturated heterocycles. The quantitative estimate of drug-likeness (QED) is 0.304. The molecular weight excluding hydrogens is 551 g/mol. The molecule has 9 heteroatoms. The number of carbonyl (C=O) groups excluding carboxylic acids is 3. The zero-order valence-corrected chi connectivity index (χ0v) is 25.1. The maximum atomic E-state index is 14.0. The highest BCUT2D eigenvalue weighted by Crippen LogP contribution is 2.66. The average Bonchev–Trinajstić information content (AvgIpc) is 3.23. The number of allylic oxidation sites excluding steroid dienone is 1. The van der Waals surface area contributed by atoms with Gasteiger partial charge in [0.25, 0.3) is 0 Å². The van der Waals surface area contributed by atoms with E-state index in [9.17, 15) is 24.1 Å². The van der Waals surface area contributed by atoms with E-state index in [-0.39, 0.29) is 47.6 Å². The molecule has 3 saturated carbocycles. The lowest BCUT2D eigenvalue weighted by molar-refractivity contribution is -0.170. The first-order valence-electron chi connectivity index (χ1n) is 14.9. The van der Waals surface area contributed by atoms with Gasteiger partial charge in [-0.05, 0) is 79.7 Å². The Kier molecular flexibility index (Phi) is 7.32. The van der Waals surface area contributed by atoms with Gasteiger partial charge in [0, 0.05) is 35.5 Å². The smallest absolute Gasteiger partial charge is 0.381 e. The minimum absolute atomic E-state index is 0.0122. The van der Waals surface area contributed by atoms with E-state index >= 15 is 0 Å². The molecule has 0 amide bonds. The van der Waals surface area contributed by atoms with Crippen LogP contribution in [0.5, 0.6) is 0 Å². The minimum atomic E-state index is -3.84. The normalized spacial score (nSPS) is 34.1. The zero-order valence-electron chi connectivity index (χ0n) is 24.2. The highest BCUT2D eigenvalue weighted by atomic mass is 31.2. The Morgan fingerprint density at radius 2 is 1.57 bits per heavy atom. The van der Waals surface area contributed by atoms with E-state index in [4.69, 9.17) is 4.52 Å². The van der Waals surface area contributed by atoms with Gasteiger partial charge in [-0.2, -0.15) is 0 Å². The van der Waals surface area contributed by atoms with Crippen LogP contribution in [0.1, 0.15) is 58.8 Å². The van der Waals surface area contributed by atoms with Crippen LogP contribution in [0, 0.1) is 28.6 Å². The highest BCUT2D eigenvalue weighted by molar-refractivity contribution is 7.62. The number of aliphatic hydroxyl groups is 1. The van der Waals surface area contributed by atoms with Gasteiger partial charge < -0.3 is 5.11 Å². The van der Waals surface area contributed by atoms with E-state index in [1.807, 2.05) is 19.1 Å². The van der Waals surface area contributed by atoms with Crippen molar-refractivity contribution in [2.45, 2.75) is 64.4 Å². The second-order valence-corrected chi connectivity index (χ2v) is 14.8. The number of nitrogens with one attached hydrogen (secondary N) is 2. The monoisotopic (exact) mass is 590 g/mol. The summed E-state index contributed by atoms with van der Waals surface area (Å²) in [4.78, 5) is 39.9. The van der Waals surface area contributed by atoms with Crippen molar-refractivity contribution in [2.75, 3.05) is 16.8 Å². The zero-order chi connectivity index (χ0) is 29.8. The predicted octanol–water partition coefficient (Wildman–Crippen LogP) is 6.35. The fourth-order valence-electron chi connectivity index (χ4n) is 8.57. The number of Topliss-reactive ketones (excluding diaryl/α,β-unsaturated/α-hetero) is 2. The second-order valence-electron chi connectivity index (χ2n) is 13.0. The number of hydrogen-bond acceptors (Lipinski definition) is 6. The van der Waals surface area contributed by atoms with Gasteiger partial charge in [0.2, 0.25) is 0 Å². The molecule has 222 valence electrons. The molecule has 42 heavy (non-hydrogen) atoms. The molecule has 8 nitrogen and oxygen atoms in total. The molecule has 4 aliphatic carbocycles. The number of ketones is 3. The number of carbonyl (C=O) groups is 3. The van der Waals surface area contributed by atoms with Crippen LogP contribution in [-0.4, -0.2) is 34.7 Å². The van der Waals surface area contributed by atoms with E-state index in [1.165, 1.54) is 0 Å². The van der Waals surface area contributed by atoms with Crippen molar-refractivity contribution in [1.29, 1.82) is 0 Å². The molecular formula is C33H39N2O6P. The van der Waals surface area contributed by atoms with Crippen LogP contribution in [0.4, 0.5) is 11.4 Å². The largest absolute Gasteiger partial charge is 0.392 e. The molecule has 0 aromatic heterocycles. The summed E-state index contributed by atoms with van der Waals surface area (Å²) in [7, 11) is -3.84. The molecule has 2 aromatic carbocycles. The lowest BCUT2D eigenvalue weighted by Gasteiger charge is -2.57. The summed E-state index contributed by atoms with van der Waals surface area (Å²) in [5.41, 5.74) is -0.879. The number of hydrogen-bond donors (Lipinski definition) is 3. The first-order valence-corrected chi connectivity index (χ1v) is 16.5. The number of rotatable bonds is 8. The molecule has 3 fully saturated rings. The first-order chi connectivity index (χ1) is 20.0. The molecule has 0 spiro atoms. The van der Waals surface area contributed by atoms with Crippen LogP contribution in [0.2, 0.25) is 0 Å². The predicted molar refractivity (Wildman–Crippen MR) is 161 cm³/mol. The van der Waals surface area contributed by atoms with E-state index in [0.717, 1.165) is 18.4 Å². The van der Waals surface area contributed by atoms with Gasteiger partial charge in [0.15, 0.2) is 11.6 Å². The van der Waals surface area contributed by atoms with Crippen LogP contribution < -0.4 is 10.2 Å². The fourth-order valence-corrected chi connectivity index (χ4v) is 10.0. The Balaban J connectivity index is 1.23. The van der Waals surface area contributed by atoms with Crippen molar-refractivity contribution in [3.63, 3.8) is 0 Å². The van der Waals surface area contributed by atoms with Crippen LogP contribution in [-0.2, 0) is 23.5 Å². The van der Waals surface area contributed by atoms with Gasteiger partial charge >= 0.3 is 7.67 Å². The Hall–Kier alpha value is -3.06. The minimum Gasteiger partial charge on any atom is -0.381 e. The number of fused-ring (bicyclic) bond motifs is 5. The summed E-state index contributed by atoms with van der Waals surface area (Å²) in [5.74, 6) is -0.535. The van der Waals surface area contributed by atoms with E-state index < -0.39 is 31.1 Å². The maximum Gasteiger partial charge on any atom is 0.392 e. The van der Waals surface area contributed by atoms with Crippen LogP contribution >= 0.6 is 7.67 Å². The molecule has 6 atom stereocenters. The summed E-state index contributed by atoms with van der Waals surface area (Å²) in [5, 5.41) is 17.9. The van der Waals surface area contributed by atoms with E-state index in [2.05, 4.69) is 17.1 Å². The van der Waals surface area contributed by atoms with Crippen molar-refractivity contribution in [2.24, 2.45) is 28.6 Å². The van der Waals surface area contributed by atoms with Crippen molar-refractivity contribution >= 4 is 36.4 Å². The van der Waals surface area contributed by atoms with Gasteiger partial charge in [0.1, 0.15) is 18.0 Å². The van der Waals surface area contributed by atoms with E-state index in [1.54, 1.807) is 54.6 Å². The van der Waals surface area contributed by atoms with Gasteiger partial charge in [-0.1, -0.05) is 55.8 Å². The third-order valence-electron chi connectivity index (χ3n) is 10.7. The maximum absolute atomic E-state index is 14.0. The molecule has 6 rings (SSSR count). The van der Waals surface area contributed by atoms with E-state index in [0.29, 0.717) is 30.6 Å². The van der Waals surface area contributed by atoms with Gasteiger partial charge in [-0.25, -0.2) is 4.57 Å². The van der Waals surface area contributed by atoms with Gasteiger partial charge in [-0.15, -0.1) is 0 Å². The van der Waals surface area contributed by atoms with Crippen molar-refractivity contribution in [3.8, 4) is 0 Å². The van der Waals surface area contributed by atoms with Crippen molar-refractivity contribution in [1.82, 2.24) is 0 Å². The Morgan fingerprint density at radius 1 is 0.952 bits per heavy atom. The lowest BCUT2D eigenvalue weighted by atomic mass is 9.46. The summed E-state index contributed by atoms with van der Waals surface area (Å²) < 4.78 is 19.8. The standard InChI is InChI=1S/C33H39N2O6P/c1-31-17-15-25(36)19-22(31)13-14-26-27-16-18-33(39,32(27,2)20-28(37)30(26)31)29(38)21-41-42(40,34-23-9-5-3-6-10-23)35-24-11-7-4-8-12-24/h3-12,19,26-27,30,39H,13-18,20-21H2,1-2H3,(H2,34,35,40)/t26-,27-,30+,31+,32-,33-/m1/s1. The summed E-state index contributed by atoms with van der Waals surface area (Å²) in [6.07, 6.45) is 5.37. The number of anilines is 2. The van der Waals surface area contributed by atoms with Crippen molar-refractivity contribution in [3.05, 3.63) is 72.3 Å². The molecule has 0 radical (unpaired) electrons. The Bertz CT molecular complexity index is 1430. The number of benzene rings is 2. The van der Waals surface area contributed by atoms with Crippen LogP contribution in [0.3, 0.4) is 0 Å². The van der Waals surface area contributed by atoms with Crippen LogP contribution in [0.15, 0.2) is 72.3 Å². The SMILES string of the molecule is C[C@]12CCC(=O)C=C1CC[C@H]1[C@H]2C(=O)C[C@]2(C)[C@@H]1CC[C@@]2(O)C(=O)COP(=O)(Nc1ccccc1)Nc1ccccc1. The van der Waals surface area contributed by atoms with Crippen molar-refractivity contribution < 1.29 is 28.6 Å². The lowest BCUT2D eigenvalue weighted by Crippen LogP contribution is -2.61. The molecule has 0 heterocycles. The molecule has 0 bridgehead atoms. The summed E-state index contributed by atoms with van der Waals surface area (Å²) in [6, 6.07) is 17.9. The first kappa shape index (κ1) is 29.0. The molecule has 0 unspecified atom stereocenters. The van der Waals surface area contributed by atoms with Crippen LogP contribution in [0.25, 0.3) is 0 Å². The molecule has 0 aliphatic heterocycles. The Labute approximate surface area is 246 Å². The van der Waals surface area contributed by atoms with Gasteiger partial charge in [0.05, 0.1) is 0 Å². The number of para-hydroxylation sites is 2. The fraction of sp³-hybridized carbons (Fsp3) is 0.485. The highest BCUT2D eigenvalue weighted by Gasteiger charge is 2.68.